The van der Waals surface area contributed by atoms with E-state index in [1.807, 2.05) is 19.9 Å². The molecule has 3 aromatic heterocycles. The Morgan fingerprint density at radius 3 is 2.65 bits per heavy atom. The number of hydrogen-bond acceptors (Lipinski definition) is 7. The Labute approximate surface area is 180 Å². The van der Waals surface area contributed by atoms with Crippen molar-refractivity contribution in [2.24, 2.45) is 0 Å². The average molecular weight is 415 g/mol. The average Bonchev–Trinajstić information content (AvgIpc) is 3.14. The van der Waals surface area contributed by atoms with Crippen LogP contribution in [-0.4, -0.2) is 35.1 Å². The molecule has 0 saturated heterocycles. The Balaban J connectivity index is 1.67. The Kier molecular flexibility index (Phi) is 5.03. The summed E-state index contributed by atoms with van der Waals surface area (Å²) < 4.78 is 10.5. The number of nitrogens with zero attached hydrogens (tertiary/aromatic N) is 5. The van der Waals surface area contributed by atoms with Crippen LogP contribution in [0.1, 0.15) is 35.5 Å². The van der Waals surface area contributed by atoms with Gasteiger partial charge in [-0.2, -0.15) is 5.26 Å². The molecule has 0 spiro atoms. The minimum absolute atomic E-state index is 0.145. The van der Waals surface area contributed by atoms with Gasteiger partial charge in [-0.3, -0.25) is 14.8 Å². The molecular formula is C23H21N5O3. The van der Waals surface area contributed by atoms with E-state index >= 15 is 0 Å². The van der Waals surface area contributed by atoms with Crippen LogP contribution in [0.5, 0.6) is 11.6 Å². The predicted molar refractivity (Wildman–Crippen MR) is 114 cm³/mol. The molecule has 0 unspecified atom stereocenters. The van der Waals surface area contributed by atoms with E-state index in [0.717, 1.165) is 11.1 Å². The Bertz CT molecular complexity index is 1220. The van der Waals surface area contributed by atoms with Crippen molar-refractivity contribution in [1.82, 2.24) is 15.0 Å². The maximum Gasteiger partial charge on any atom is 0.260 e. The molecule has 8 nitrogen and oxygen atoms in total. The van der Waals surface area contributed by atoms with Crippen LogP contribution in [0, 0.1) is 11.3 Å². The highest BCUT2D eigenvalue weighted by Gasteiger charge is 2.31. The molecule has 1 aliphatic heterocycles. The molecule has 0 aromatic carbocycles. The standard InChI is InChI=1S/C23H21N5O3/c1-23(2,13-24)15-8-16(11-25-10-15)28-12-19-17(22(28)29)5-6-18(27-19)14-7-20(30-3)21(31-4)26-9-14/h5-11H,12H2,1-4H3. The van der Waals surface area contributed by atoms with Crippen molar-refractivity contribution in [1.29, 1.82) is 5.26 Å². The zero-order valence-electron chi connectivity index (χ0n) is 17.7. The summed E-state index contributed by atoms with van der Waals surface area (Å²) in [5.74, 6) is 0.748. The van der Waals surface area contributed by atoms with Gasteiger partial charge in [0.2, 0.25) is 0 Å². The molecule has 4 rings (SSSR count). The van der Waals surface area contributed by atoms with Gasteiger partial charge in [0.05, 0.1) is 61.1 Å². The molecule has 0 bridgehead atoms. The number of carbonyl (C=O) groups excluding carboxylic acids is 1. The van der Waals surface area contributed by atoms with E-state index in [4.69, 9.17) is 14.5 Å². The summed E-state index contributed by atoms with van der Waals surface area (Å²) in [5.41, 5.74) is 3.33. The number of nitriles is 1. The largest absolute Gasteiger partial charge is 0.491 e. The third-order valence-electron chi connectivity index (χ3n) is 5.32. The highest BCUT2D eigenvalue weighted by atomic mass is 16.5. The van der Waals surface area contributed by atoms with E-state index in [1.165, 1.54) is 7.11 Å². The Hall–Kier alpha value is -3.99. The van der Waals surface area contributed by atoms with Crippen LogP contribution in [0.2, 0.25) is 0 Å². The minimum atomic E-state index is -0.704. The zero-order chi connectivity index (χ0) is 22.2. The van der Waals surface area contributed by atoms with Crippen LogP contribution in [0.15, 0.2) is 42.9 Å². The van der Waals surface area contributed by atoms with E-state index in [-0.39, 0.29) is 5.91 Å². The lowest BCUT2D eigenvalue weighted by molar-refractivity contribution is 0.0996. The van der Waals surface area contributed by atoms with Gasteiger partial charge in [-0.05, 0) is 43.7 Å². The van der Waals surface area contributed by atoms with Gasteiger partial charge < -0.3 is 14.4 Å². The lowest BCUT2D eigenvalue weighted by Gasteiger charge is -2.20. The van der Waals surface area contributed by atoms with Crippen molar-refractivity contribution in [3.8, 4) is 29.0 Å². The van der Waals surface area contributed by atoms with Crippen molar-refractivity contribution in [2.75, 3.05) is 19.1 Å². The molecule has 0 atom stereocenters. The number of ether oxygens (including phenoxy) is 2. The lowest BCUT2D eigenvalue weighted by atomic mass is 9.87. The van der Waals surface area contributed by atoms with Gasteiger partial charge in [0.1, 0.15) is 0 Å². The number of carbonyl (C=O) groups is 1. The van der Waals surface area contributed by atoms with Crippen LogP contribution in [-0.2, 0) is 12.0 Å². The fraction of sp³-hybridized carbons (Fsp3) is 0.261. The van der Waals surface area contributed by atoms with E-state index < -0.39 is 5.41 Å². The second-order valence-corrected chi connectivity index (χ2v) is 7.69. The first-order valence-corrected chi connectivity index (χ1v) is 9.65. The van der Waals surface area contributed by atoms with Gasteiger partial charge in [0, 0.05) is 18.0 Å². The lowest BCUT2D eigenvalue weighted by Crippen LogP contribution is -2.24. The number of methoxy groups -OCH3 is 2. The summed E-state index contributed by atoms with van der Waals surface area (Å²) in [6.07, 6.45) is 4.93. The van der Waals surface area contributed by atoms with Crippen LogP contribution in [0.25, 0.3) is 11.3 Å². The van der Waals surface area contributed by atoms with E-state index in [2.05, 4.69) is 16.0 Å². The second-order valence-electron chi connectivity index (χ2n) is 7.69. The van der Waals surface area contributed by atoms with Gasteiger partial charge >= 0.3 is 0 Å². The number of anilines is 1. The maximum atomic E-state index is 13.0. The molecule has 0 aliphatic carbocycles. The minimum Gasteiger partial charge on any atom is -0.491 e. The molecular weight excluding hydrogens is 394 g/mol. The number of hydrogen-bond donors (Lipinski definition) is 0. The summed E-state index contributed by atoms with van der Waals surface area (Å²) in [7, 11) is 3.08. The number of pyridine rings is 3. The Morgan fingerprint density at radius 1 is 1.13 bits per heavy atom. The predicted octanol–water partition coefficient (Wildman–Crippen LogP) is 3.52. The third kappa shape index (κ3) is 3.55. The van der Waals surface area contributed by atoms with E-state index in [1.54, 1.807) is 48.8 Å². The molecule has 31 heavy (non-hydrogen) atoms. The highest BCUT2D eigenvalue weighted by Crippen LogP contribution is 2.33. The zero-order valence-corrected chi connectivity index (χ0v) is 17.7. The molecule has 0 fully saturated rings. The summed E-state index contributed by atoms with van der Waals surface area (Å²) in [6.45, 7) is 3.96. The van der Waals surface area contributed by atoms with E-state index in [0.29, 0.717) is 40.8 Å². The molecule has 0 saturated carbocycles. The molecule has 156 valence electrons. The number of aromatic nitrogens is 3. The highest BCUT2D eigenvalue weighted by molar-refractivity contribution is 6.09. The van der Waals surface area contributed by atoms with Gasteiger partial charge in [0.15, 0.2) is 5.75 Å². The fourth-order valence-corrected chi connectivity index (χ4v) is 3.41. The van der Waals surface area contributed by atoms with E-state index in [9.17, 15) is 10.1 Å². The topological polar surface area (TPSA) is 101 Å². The second kappa shape index (κ2) is 7.69. The van der Waals surface area contributed by atoms with Crippen LogP contribution >= 0.6 is 0 Å². The first-order valence-electron chi connectivity index (χ1n) is 9.65. The Morgan fingerprint density at radius 2 is 1.94 bits per heavy atom. The summed E-state index contributed by atoms with van der Waals surface area (Å²) in [6, 6.07) is 9.46. The molecule has 1 aliphatic rings. The van der Waals surface area contributed by atoms with Crippen molar-refractivity contribution < 1.29 is 14.3 Å². The molecule has 0 radical (unpaired) electrons. The van der Waals surface area contributed by atoms with Gasteiger partial charge in [0.25, 0.3) is 11.8 Å². The van der Waals surface area contributed by atoms with Crippen molar-refractivity contribution in [3.63, 3.8) is 0 Å². The maximum absolute atomic E-state index is 13.0. The van der Waals surface area contributed by atoms with Gasteiger partial charge in [-0.1, -0.05) is 0 Å². The summed E-state index contributed by atoms with van der Waals surface area (Å²) in [5, 5.41) is 9.42. The summed E-state index contributed by atoms with van der Waals surface area (Å²) in [4.78, 5) is 27.8. The molecule has 1 amide bonds. The smallest absolute Gasteiger partial charge is 0.260 e. The van der Waals surface area contributed by atoms with Crippen molar-refractivity contribution in [2.45, 2.75) is 25.8 Å². The normalized spacial score (nSPS) is 13.0. The fourth-order valence-electron chi connectivity index (χ4n) is 3.41. The molecule has 3 aromatic rings. The quantitative estimate of drug-likeness (QED) is 0.628. The third-order valence-corrected chi connectivity index (χ3v) is 5.32. The first kappa shape index (κ1) is 20.3. The van der Waals surface area contributed by atoms with Crippen molar-refractivity contribution in [3.05, 3.63) is 59.7 Å². The SMILES string of the molecule is COc1cc(-c2ccc3c(n2)CN(c2cncc(C(C)(C)C#N)c2)C3=O)cnc1OC. The molecule has 8 heteroatoms. The van der Waals surface area contributed by atoms with Gasteiger partial charge in [-0.15, -0.1) is 0 Å². The van der Waals surface area contributed by atoms with Crippen molar-refractivity contribution >= 4 is 11.6 Å². The number of rotatable bonds is 5. The monoisotopic (exact) mass is 415 g/mol. The van der Waals surface area contributed by atoms with Crippen LogP contribution in [0.3, 0.4) is 0 Å². The number of amides is 1. The first-order chi connectivity index (χ1) is 14.9. The summed E-state index contributed by atoms with van der Waals surface area (Å²) >= 11 is 0. The van der Waals surface area contributed by atoms with Crippen LogP contribution < -0.4 is 14.4 Å². The van der Waals surface area contributed by atoms with Gasteiger partial charge in [-0.25, -0.2) is 4.98 Å². The van der Waals surface area contributed by atoms with Crippen LogP contribution in [0.4, 0.5) is 5.69 Å². The molecule has 4 heterocycles. The molecule has 0 N–H and O–H groups in total. The number of fused-ring (bicyclic) bond motifs is 1.